The van der Waals surface area contributed by atoms with E-state index < -0.39 is 0 Å². The van der Waals surface area contributed by atoms with Gasteiger partial charge < -0.3 is 10.2 Å². The normalized spacial score (nSPS) is 21.3. The molecule has 0 bridgehead atoms. The van der Waals surface area contributed by atoms with E-state index in [1.54, 1.807) is 0 Å². The summed E-state index contributed by atoms with van der Waals surface area (Å²) < 4.78 is 0. The van der Waals surface area contributed by atoms with Gasteiger partial charge in [0.1, 0.15) is 0 Å². The van der Waals surface area contributed by atoms with Crippen LogP contribution in [0, 0.1) is 6.92 Å². The van der Waals surface area contributed by atoms with Crippen LogP contribution in [0.25, 0.3) is 0 Å². The Kier molecular flexibility index (Phi) is 5.04. The van der Waals surface area contributed by atoms with Crippen molar-refractivity contribution < 1.29 is 0 Å². The van der Waals surface area contributed by atoms with Gasteiger partial charge in [-0.05, 0) is 53.0 Å². The van der Waals surface area contributed by atoms with E-state index in [4.69, 9.17) is 0 Å². The Morgan fingerprint density at radius 2 is 1.79 bits per heavy atom. The molecule has 2 nitrogen and oxygen atoms in total. The minimum atomic E-state index is 0.280. The van der Waals surface area contributed by atoms with Crippen LogP contribution in [-0.2, 0) is 0 Å². The first kappa shape index (κ1) is 15.0. The minimum absolute atomic E-state index is 0.280. The molecule has 108 valence electrons. The number of thiophene rings is 1. The van der Waals surface area contributed by atoms with E-state index in [9.17, 15) is 0 Å². The molecule has 0 radical (unpaired) electrons. The summed E-state index contributed by atoms with van der Waals surface area (Å²) in [5.74, 6) is 0. The lowest BCUT2D eigenvalue weighted by Gasteiger charge is -2.45. The van der Waals surface area contributed by atoms with E-state index in [2.05, 4.69) is 50.4 Å². The molecule has 0 aromatic carbocycles. The molecule has 0 aliphatic heterocycles. The summed E-state index contributed by atoms with van der Waals surface area (Å²) in [5.41, 5.74) is 0.280. The van der Waals surface area contributed by atoms with Crippen molar-refractivity contribution in [3.8, 4) is 0 Å². The summed E-state index contributed by atoms with van der Waals surface area (Å²) in [6.45, 7) is 2.20. The van der Waals surface area contributed by atoms with E-state index in [1.807, 2.05) is 11.3 Å². The number of likely N-dealkylation sites (N-methyl/N-ethyl adjacent to an activating group) is 2. The molecule has 0 saturated heterocycles. The monoisotopic (exact) mass is 280 g/mol. The van der Waals surface area contributed by atoms with Crippen LogP contribution >= 0.6 is 11.3 Å². The van der Waals surface area contributed by atoms with Crippen LogP contribution < -0.4 is 5.32 Å². The summed E-state index contributed by atoms with van der Waals surface area (Å²) >= 11 is 1.95. The number of nitrogens with one attached hydrogen (secondary N) is 1. The third-order valence-corrected chi connectivity index (χ3v) is 5.80. The SMILES string of the molecule is CNC(c1ccc(C)s1)C1(N(C)C)CCCCCC1. The van der Waals surface area contributed by atoms with Crippen LogP contribution in [0.5, 0.6) is 0 Å². The Bertz CT molecular complexity index is 389. The molecule has 19 heavy (non-hydrogen) atoms. The number of hydrogen-bond acceptors (Lipinski definition) is 3. The predicted molar refractivity (Wildman–Crippen MR) is 85.0 cm³/mol. The Hall–Kier alpha value is -0.380. The average Bonchev–Trinajstić information content (AvgIpc) is 2.66. The van der Waals surface area contributed by atoms with Crippen molar-refractivity contribution in [2.45, 2.75) is 57.0 Å². The van der Waals surface area contributed by atoms with Gasteiger partial charge in [-0.3, -0.25) is 0 Å². The van der Waals surface area contributed by atoms with Gasteiger partial charge in [-0.1, -0.05) is 25.7 Å². The lowest BCUT2D eigenvalue weighted by molar-refractivity contribution is 0.0849. The highest BCUT2D eigenvalue weighted by atomic mass is 32.1. The molecule has 1 aliphatic rings. The zero-order chi connectivity index (χ0) is 13.9. The van der Waals surface area contributed by atoms with E-state index in [1.165, 1.54) is 48.3 Å². The topological polar surface area (TPSA) is 15.3 Å². The van der Waals surface area contributed by atoms with Crippen molar-refractivity contribution in [2.75, 3.05) is 21.1 Å². The van der Waals surface area contributed by atoms with Gasteiger partial charge in [0.05, 0.1) is 6.04 Å². The molecule has 1 heterocycles. The first-order valence-corrected chi connectivity index (χ1v) is 8.33. The highest BCUT2D eigenvalue weighted by Crippen LogP contribution is 2.42. The van der Waals surface area contributed by atoms with Gasteiger partial charge in [-0.15, -0.1) is 11.3 Å². The number of aryl methyl sites for hydroxylation is 1. The molecule has 1 unspecified atom stereocenters. The maximum Gasteiger partial charge on any atom is 0.0599 e. The smallest absolute Gasteiger partial charge is 0.0599 e. The fraction of sp³-hybridized carbons (Fsp3) is 0.750. The number of nitrogens with zero attached hydrogens (tertiary/aromatic N) is 1. The number of hydrogen-bond donors (Lipinski definition) is 1. The van der Waals surface area contributed by atoms with E-state index in [0.29, 0.717) is 6.04 Å². The van der Waals surface area contributed by atoms with Gasteiger partial charge in [0.15, 0.2) is 0 Å². The second-order valence-electron chi connectivity index (χ2n) is 6.08. The van der Waals surface area contributed by atoms with Gasteiger partial charge in [0.2, 0.25) is 0 Å². The average molecular weight is 280 g/mol. The zero-order valence-corrected chi connectivity index (χ0v) is 13.6. The lowest BCUT2D eigenvalue weighted by Crippen LogP contribution is -2.52. The molecule has 0 spiro atoms. The van der Waals surface area contributed by atoms with Crippen LogP contribution in [0.2, 0.25) is 0 Å². The quantitative estimate of drug-likeness (QED) is 0.840. The zero-order valence-electron chi connectivity index (χ0n) is 12.8. The van der Waals surface area contributed by atoms with Crippen molar-refractivity contribution in [1.29, 1.82) is 0 Å². The Labute approximate surface area is 122 Å². The lowest BCUT2D eigenvalue weighted by atomic mass is 9.80. The van der Waals surface area contributed by atoms with Gasteiger partial charge >= 0.3 is 0 Å². The maximum atomic E-state index is 3.62. The molecule has 0 amide bonds. The molecule has 1 aromatic rings. The van der Waals surface area contributed by atoms with E-state index in [-0.39, 0.29) is 5.54 Å². The van der Waals surface area contributed by atoms with Crippen molar-refractivity contribution in [3.63, 3.8) is 0 Å². The summed E-state index contributed by atoms with van der Waals surface area (Å²) in [4.78, 5) is 5.39. The summed E-state index contributed by atoms with van der Waals surface area (Å²) in [6, 6.07) is 5.03. The van der Waals surface area contributed by atoms with Gasteiger partial charge in [0, 0.05) is 15.3 Å². The first-order valence-electron chi connectivity index (χ1n) is 7.51. The molecule has 2 rings (SSSR count). The Morgan fingerprint density at radius 1 is 1.16 bits per heavy atom. The largest absolute Gasteiger partial charge is 0.311 e. The van der Waals surface area contributed by atoms with Gasteiger partial charge in [-0.2, -0.15) is 0 Å². The highest BCUT2D eigenvalue weighted by molar-refractivity contribution is 7.12. The van der Waals surface area contributed by atoms with E-state index in [0.717, 1.165) is 0 Å². The minimum Gasteiger partial charge on any atom is -0.311 e. The summed E-state index contributed by atoms with van der Waals surface area (Å²) in [6.07, 6.45) is 8.14. The summed E-state index contributed by atoms with van der Waals surface area (Å²) in [7, 11) is 6.64. The molecule has 1 N–H and O–H groups in total. The standard InChI is InChI=1S/C16H28N2S/c1-13-9-10-14(19-13)15(17-2)16(18(3)4)11-7-5-6-8-12-16/h9-10,15,17H,5-8,11-12H2,1-4H3. The van der Waals surface area contributed by atoms with Crippen molar-refractivity contribution in [2.24, 2.45) is 0 Å². The third kappa shape index (κ3) is 3.04. The Balaban J connectivity index is 2.34. The van der Waals surface area contributed by atoms with E-state index >= 15 is 0 Å². The van der Waals surface area contributed by atoms with Gasteiger partial charge in [-0.25, -0.2) is 0 Å². The molecular formula is C16H28N2S. The molecule has 1 aliphatic carbocycles. The van der Waals surface area contributed by atoms with Crippen molar-refractivity contribution >= 4 is 11.3 Å². The third-order valence-electron chi connectivity index (χ3n) is 4.73. The predicted octanol–water partition coefficient (Wildman–Crippen LogP) is 3.97. The maximum absolute atomic E-state index is 3.62. The van der Waals surface area contributed by atoms with Crippen LogP contribution in [0.15, 0.2) is 12.1 Å². The highest BCUT2D eigenvalue weighted by Gasteiger charge is 2.41. The molecule has 1 saturated carbocycles. The molecule has 3 heteroatoms. The fourth-order valence-corrected chi connectivity index (χ4v) is 4.72. The molecule has 1 atom stereocenters. The van der Waals surface area contributed by atoms with Crippen LogP contribution in [0.3, 0.4) is 0 Å². The van der Waals surface area contributed by atoms with Gasteiger partial charge in [0.25, 0.3) is 0 Å². The van der Waals surface area contributed by atoms with Crippen LogP contribution in [-0.4, -0.2) is 31.6 Å². The fourth-order valence-electron chi connectivity index (χ4n) is 3.62. The van der Waals surface area contributed by atoms with Crippen LogP contribution in [0.4, 0.5) is 0 Å². The van der Waals surface area contributed by atoms with Crippen molar-refractivity contribution in [1.82, 2.24) is 10.2 Å². The second-order valence-corrected chi connectivity index (χ2v) is 7.40. The summed E-state index contributed by atoms with van der Waals surface area (Å²) in [5, 5.41) is 3.62. The van der Waals surface area contributed by atoms with Crippen molar-refractivity contribution in [3.05, 3.63) is 21.9 Å². The Morgan fingerprint density at radius 3 is 2.21 bits per heavy atom. The molecular weight excluding hydrogens is 252 g/mol. The number of rotatable bonds is 4. The molecule has 1 fully saturated rings. The first-order chi connectivity index (χ1) is 9.10. The van der Waals surface area contributed by atoms with Crippen LogP contribution in [0.1, 0.15) is 54.3 Å². The molecule has 1 aromatic heterocycles. The second kappa shape index (κ2) is 6.38.